The van der Waals surface area contributed by atoms with Crippen LogP contribution in [0.3, 0.4) is 0 Å². The van der Waals surface area contributed by atoms with E-state index in [-0.39, 0.29) is 16.5 Å². The molecule has 1 N–H and O–H groups in total. The van der Waals surface area contributed by atoms with Crippen molar-refractivity contribution in [1.82, 2.24) is 0 Å². The Morgan fingerprint density at radius 1 is 1.44 bits per heavy atom. The summed E-state index contributed by atoms with van der Waals surface area (Å²) < 4.78 is 35.5. The molecule has 1 aromatic carbocycles. The smallest absolute Gasteiger partial charge is 0.261 e. The van der Waals surface area contributed by atoms with Crippen LogP contribution in [0.2, 0.25) is 0 Å². The number of hydrogen-bond donors (Lipinski definition) is 1. The van der Waals surface area contributed by atoms with Crippen molar-refractivity contribution >= 4 is 31.3 Å². The summed E-state index contributed by atoms with van der Waals surface area (Å²) in [4.78, 5) is 11.1. The third kappa shape index (κ3) is 3.43. The lowest BCUT2D eigenvalue weighted by Gasteiger charge is -2.06. The third-order valence-corrected chi connectivity index (χ3v) is 4.02. The molecule has 0 radical (unpaired) electrons. The van der Waals surface area contributed by atoms with Crippen LogP contribution in [0.15, 0.2) is 23.1 Å². The van der Waals surface area contributed by atoms with E-state index < -0.39 is 14.9 Å². The highest BCUT2D eigenvalue weighted by Crippen LogP contribution is 2.32. The Kier molecular flexibility index (Phi) is 3.59. The summed E-state index contributed by atoms with van der Waals surface area (Å²) in [6.07, 6.45) is 2.42. The quantitative estimate of drug-likeness (QED) is 0.867. The first kappa shape index (κ1) is 13.3. The first-order valence-electron chi connectivity index (χ1n) is 5.40. The molecule has 1 aliphatic rings. The molecular formula is C11H11ClFNO3S. The first-order valence-corrected chi connectivity index (χ1v) is 7.71. The predicted molar refractivity (Wildman–Crippen MR) is 65.4 cm³/mol. The van der Waals surface area contributed by atoms with Gasteiger partial charge in [0.05, 0.1) is 10.6 Å². The molecule has 1 aliphatic carbocycles. The second-order valence-corrected chi connectivity index (χ2v) is 6.84. The molecular weight excluding hydrogens is 281 g/mol. The molecule has 1 saturated carbocycles. The number of hydrogen-bond acceptors (Lipinski definition) is 3. The molecule has 98 valence electrons. The van der Waals surface area contributed by atoms with Gasteiger partial charge in [0.1, 0.15) is 5.82 Å². The molecule has 0 bridgehead atoms. The molecule has 0 aliphatic heterocycles. The van der Waals surface area contributed by atoms with Crippen molar-refractivity contribution in [3.05, 3.63) is 24.0 Å². The van der Waals surface area contributed by atoms with E-state index in [4.69, 9.17) is 10.7 Å². The topological polar surface area (TPSA) is 63.2 Å². The zero-order valence-electron chi connectivity index (χ0n) is 9.32. The Hall–Kier alpha value is -1.14. The summed E-state index contributed by atoms with van der Waals surface area (Å²) in [6, 6.07) is 3.13. The van der Waals surface area contributed by atoms with Crippen LogP contribution in [0.1, 0.15) is 19.3 Å². The molecule has 0 aromatic heterocycles. The largest absolute Gasteiger partial charge is 0.324 e. The normalized spacial score (nSPS) is 15.4. The summed E-state index contributed by atoms with van der Waals surface area (Å²) in [5.41, 5.74) is -0.0373. The molecule has 0 atom stereocenters. The maximum atomic E-state index is 13.6. The van der Waals surface area contributed by atoms with Crippen molar-refractivity contribution in [2.24, 2.45) is 5.92 Å². The number of carbonyl (C=O) groups is 1. The Morgan fingerprint density at radius 2 is 2.11 bits per heavy atom. The molecule has 1 amide bonds. The molecule has 4 nitrogen and oxygen atoms in total. The molecule has 0 spiro atoms. The van der Waals surface area contributed by atoms with Crippen LogP contribution in [-0.2, 0) is 13.8 Å². The number of amides is 1. The number of benzene rings is 1. The van der Waals surface area contributed by atoms with E-state index in [0.717, 1.165) is 25.0 Å². The van der Waals surface area contributed by atoms with Crippen LogP contribution >= 0.6 is 10.7 Å². The van der Waals surface area contributed by atoms with E-state index in [1.54, 1.807) is 0 Å². The SMILES string of the molecule is O=C(CC1CC1)Nc1ccc(S(=O)(=O)Cl)cc1F. The molecule has 1 aromatic rings. The second-order valence-electron chi connectivity index (χ2n) is 4.28. The number of anilines is 1. The predicted octanol–water partition coefficient (Wildman–Crippen LogP) is 2.49. The Morgan fingerprint density at radius 3 is 2.61 bits per heavy atom. The zero-order valence-corrected chi connectivity index (χ0v) is 10.9. The Labute approximate surface area is 109 Å². The minimum absolute atomic E-state index is 0.0373. The third-order valence-electron chi connectivity index (χ3n) is 2.67. The van der Waals surface area contributed by atoms with Crippen molar-refractivity contribution in [2.45, 2.75) is 24.2 Å². The highest BCUT2D eigenvalue weighted by atomic mass is 35.7. The van der Waals surface area contributed by atoms with Crippen molar-refractivity contribution < 1.29 is 17.6 Å². The second kappa shape index (κ2) is 4.85. The minimum Gasteiger partial charge on any atom is -0.324 e. The summed E-state index contributed by atoms with van der Waals surface area (Å²) in [6.45, 7) is 0. The number of carbonyl (C=O) groups excluding carboxylic acids is 1. The van der Waals surface area contributed by atoms with E-state index in [0.29, 0.717) is 12.3 Å². The molecule has 0 heterocycles. The van der Waals surface area contributed by atoms with E-state index >= 15 is 0 Å². The van der Waals surface area contributed by atoms with Gasteiger partial charge in [-0.2, -0.15) is 0 Å². The minimum atomic E-state index is -3.96. The van der Waals surface area contributed by atoms with Gasteiger partial charge in [-0.05, 0) is 37.0 Å². The number of rotatable bonds is 4. The highest BCUT2D eigenvalue weighted by molar-refractivity contribution is 8.13. The zero-order chi connectivity index (χ0) is 13.3. The molecule has 2 rings (SSSR count). The van der Waals surface area contributed by atoms with Gasteiger partial charge < -0.3 is 5.32 Å². The van der Waals surface area contributed by atoms with Crippen molar-refractivity contribution in [3.8, 4) is 0 Å². The van der Waals surface area contributed by atoms with Gasteiger partial charge in [-0.25, -0.2) is 12.8 Å². The van der Waals surface area contributed by atoms with Gasteiger partial charge in [0.2, 0.25) is 5.91 Å². The summed E-state index contributed by atoms with van der Waals surface area (Å²) >= 11 is 0. The molecule has 1 fully saturated rings. The maximum absolute atomic E-state index is 13.6. The van der Waals surface area contributed by atoms with E-state index in [9.17, 15) is 17.6 Å². The van der Waals surface area contributed by atoms with Gasteiger partial charge in [-0.3, -0.25) is 4.79 Å². The van der Waals surface area contributed by atoms with Crippen LogP contribution in [0, 0.1) is 11.7 Å². The Balaban J connectivity index is 2.11. The van der Waals surface area contributed by atoms with Gasteiger partial charge in [0, 0.05) is 17.1 Å². The molecule has 18 heavy (non-hydrogen) atoms. The van der Waals surface area contributed by atoms with Crippen LogP contribution in [0.25, 0.3) is 0 Å². The van der Waals surface area contributed by atoms with E-state index in [1.165, 1.54) is 6.07 Å². The fourth-order valence-electron chi connectivity index (χ4n) is 1.53. The fourth-order valence-corrected chi connectivity index (χ4v) is 2.30. The monoisotopic (exact) mass is 291 g/mol. The van der Waals surface area contributed by atoms with E-state index in [1.807, 2.05) is 0 Å². The highest BCUT2D eigenvalue weighted by Gasteiger charge is 2.24. The average molecular weight is 292 g/mol. The standard InChI is InChI=1S/C11H11ClFNO3S/c12-18(16,17)8-3-4-10(9(13)6-8)14-11(15)5-7-1-2-7/h3-4,6-7H,1-2,5H2,(H,14,15). The van der Waals surface area contributed by atoms with Crippen molar-refractivity contribution in [1.29, 1.82) is 0 Å². The number of halogens is 2. The van der Waals surface area contributed by atoms with Crippen molar-refractivity contribution in [3.63, 3.8) is 0 Å². The summed E-state index contributed by atoms with van der Waals surface area (Å²) in [7, 11) is 1.12. The van der Waals surface area contributed by atoms with Crippen molar-refractivity contribution in [2.75, 3.05) is 5.32 Å². The van der Waals surface area contributed by atoms with Gasteiger partial charge in [0.15, 0.2) is 0 Å². The van der Waals surface area contributed by atoms with Gasteiger partial charge >= 0.3 is 0 Å². The molecule has 0 unspecified atom stereocenters. The lowest BCUT2D eigenvalue weighted by molar-refractivity contribution is -0.116. The van der Waals surface area contributed by atoms with E-state index in [2.05, 4.69) is 5.32 Å². The summed E-state index contributed by atoms with van der Waals surface area (Å²) in [5.74, 6) is -0.686. The van der Waals surface area contributed by atoms with Crippen LogP contribution < -0.4 is 5.32 Å². The fraction of sp³-hybridized carbons (Fsp3) is 0.364. The van der Waals surface area contributed by atoms with Gasteiger partial charge in [-0.1, -0.05) is 0 Å². The van der Waals surface area contributed by atoms with Gasteiger partial charge in [0.25, 0.3) is 9.05 Å². The number of nitrogens with one attached hydrogen (secondary N) is 1. The average Bonchev–Trinajstić information content (AvgIpc) is 3.03. The van der Waals surface area contributed by atoms with Gasteiger partial charge in [-0.15, -0.1) is 0 Å². The van der Waals surface area contributed by atoms with Crippen LogP contribution in [0.4, 0.5) is 10.1 Å². The lowest BCUT2D eigenvalue weighted by atomic mass is 10.2. The lowest BCUT2D eigenvalue weighted by Crippen LogP contribution is -2.13. The first-order chi connectivity index (χ1) is 8.36. The van der Waals surface area contributed by atoms with Crippen LogP contribution in [0.5, 0.6) is 0 Å². The molecule has 7 heteroatoms. The van der Waals surface area contributed by atoms with Crippen LogP contribution in [-0.4, -0.2) is 14.3 Å². The molecule has 0 saturated heterocycles. The maximum Gasteiger partial charge on any atom is 0.261 e. The summed E-state index contributed by atoms with van der Waals surface area (Å²) in [5, 5.41) is 2.41. The Bertz CT molecular complexity index is 584.